The van der Waals surface area contributed by atoms with Crippen LogP contribution in [0.15, 0.2) is 46.9 Å². The lowest BCUT2D eigenvalue weighted by molar-refractivity contribution is 0.227. The molecule has 2 aromatic carbocycles. The van der Waals surface area contributed by atoms with Gasteiger partial charge >= 0.3 is 0 Å². The first-order valence-corrected chi connectivity index (χ1v) is 8.67. The zero-order valence-corrected chi connectivity index (χ0v) is 15.5. The van der Waals surface area contributed by atoms with Crippen molar-refractivity contribution in [3.63, 3.8) is 0 Å². The van der Waals surface area contributed by atoms with Crippen molar-refractivity contribution in [2.75, 3.05) is 13.7 Å². The molecule has 1 N–H and O–H groups in total. The average Bonchev–Trinajstić information content (AvgIpc) is 2.54. The number of hydrogen-bond acceptors (Lipinski definition) is 3. The fourth-order valence-corrected chi connectivity index (χ4v) is 2.82. The van der Waals surface area contributed by atoms with E-state index in [1.54, 1.807) is 7.11 Å². The predicted molar refractivity (Wildman–Crippen MR) is 98.3 cm³/mol. The summed E-state index contributed by atoms with van der Waals surface area (Å²) >= 11 is 3.62. The van der Waals surface area contributed by atoms with Crippen LogP contribution in [-0.4, -0.2) is 19.8 Å². The monoisotopic (exact) mass is 377 g/mol. The molecule has 0 spiro atoms. The van der Waals surface area contributed by atoms with Gasteiger partial charge in [0.25, 0.3) is 0 Å². The van der Waals surface area contributed by atoms with Crippen LogP contribution >= 0.6 is 15.9 Å². The van der Waals surface area contributed by atoms with Crippen LogP contribution in [-0.2, 0) is 13.0 Å². The van der Waals surface area contributed by atoms with E-state index >= 15 is 0 Å². The normalized spacial score (nSPS) is 10.8. The summed E-state index contributed by atoms with van der Waals surface area (Å²) in [7, 11) is 1.67. The number of benzene rings is 2. The van der Waals surface area contributed by atoms with Crippen LogP contribution in [0.2, 0.25) is 0 Å². The standard InChI is InChI=1S/C19H24BrNO2/c1-14(2)23-19-16(17(20)9-10-18(19)22-3)13-21-12-11-15-7-5-4-6-8-15/h4-10,14,21H,11-13H2,1-3H3. The van der Waals surface area contributed by atoms with Gasteiger partial charge in [0.15, 0.2) is 11.5 Å². The molecule has 0 atom stereocenters. The minimum atomic E-state index is 0.0984. The molecule has 0 aliphatic heterocycles. The van der Waals surface area contributed by atoms with E-state index in [-0.39, 0.29) is 6.10 Å². The quantitative estimate of drug-likeness (QED) is 0.683. The maximum absolute atomic E-state index is 5.97. The van der Waals surface area contributed by atoms with Gasteiger partial charge in [0.1, 0.15) is 0 Å². The maximum Gasteiger partial charge on any atom is 0.167 e. The van der Waals surface area contributed by atoms with E-state index < -0.39 is 0 Å². The van der Waals surface area contributed by atoms with E-state index in [9.17, 15) is 0 Å². The van der Waals surface area contributed by atoms with Gasteiger partial charge in [0.05, 0.1) is 13.2 Å². The first-order valence-electron chi connectivity index (χ1n) is 7.88. The summed E-state index contributed by atoms with van der Waals surface area (Å²) in [5.74, 6) is 1.57. The van der Waals surface area contributed by atoms with Crippen molar-refractivity contribution >= 4 is 15.9 Å². The SMILES string of the molecule is COc1ccc(Br)c(CNCCc2ccccc2)c1OC(C)C. The summed E-state index contributed by atoms with van der Waals surface area (Å²) in [4.78, 5) is 0. The topological polar surface area (TPSA) is 30.5 Å². The lowest BCUT2D eigenvalue weighted by Gasteiger charge is -2.19. The number of methoxy groups -OCH3 is 1. The van der Waals surface area contributed by atoms with Gasteiger partial charge in [0, 0.05) is 16.6 Å². The number of ether oxygens (including phenoxy) is 2. The van der Waals surface area contributed by atoms with Gasteiger partial charge in [-0.25, -0.2) is 0 Å². The Morgan fingerprint density at radius 3 is 2.48 bits per heavy atom. The second-order valence-corrected chi connectivity index (χ2v) is 6.49. The molecule has 0 aliphatic carbocycles. The van der Waals surface area contributed by atoms with Crippen LogP contribution in [0.3, 0.4) is 0 Å². The number of hydrogen-bond donors (Lipinski definition) is 1. The van der Waals surface area contributed by atoms with Crippen molar-refractivity contribution in [2.24, 2.45) is 0 Å². The largest absolute Gasteiger partial charge is 0.493 e. The van der Waals surface area contributed by atoms with E-state index in [4.69, 9.17) is 9.47 Å². The molecule has 0 amide bonds. The summed E-state index contributed by atoms with van der Waals surface area (Å²) in [6.07, 6.45) is 1.10. The predicted octanol–water partition coefficient (Wildman–Crippen LogP) is 4.58. The maximum atomic E-state index is 5.97. The Bertz CT molecular complexity index is 614. The average molecular weight is 378 g/mol. The smallest absolute Gasteiger partial charge is 0.167 e. The fourth-order valence-electron chi connectivity index (χ4n) is 2.36. The van der Waals surface area contributed by atoms with Gasteiger partial charge in [0.2, 0.25) is 0 Å². The summed E-state index contributed by atoms with van der Waals surface area (Å²) in [6, 6.07) is 14.4. The Hall–Kier alpha value is -1.52. The summed E-state index contributed by atoms with van der Waals surface area (Å²) in [5, 5.41) is 3.49. The Morgan fingerprint density at radius 1 is 1.09 bits per heavy atom. The van der Waals surface area contributed by atoms with Crippen LogP contribution in [0.4, 0.5) is 0 Å². The summed E-state index contributed by atoms with van der Waals surface area (Å²) in [5.41, 5.74) is 2.43. The molecular weight excluding hydrogens is 354 g/mol. The van der Waals surface area contributed by atoms with Crippen molar-refractivity contribution in [3.05, 3.63) is 58.1 Å². The van der Waals surface area contributed by atoms with E-state index in [1.165, 1.54) is 5.56 Å². The second-order valence-electron chi connectivity index (χ2n) is 5.64. The molecule has 2 aromatic rings. The van der Waals surface area contributed by atoms with Crippen LogP contribution in [0.1, 0.15) is 25.0 Å². The van der Waals surface area contributed by atoms with E-state index in [0.717, 1.165) is 41.0 Å². The Kier molecular flexibility index (Phi) is 6.93. The summed E-state index contributed by atoms with van der Waals surface area (Å²) in [6.45, 7) is 5.68. The number of nitrogens with one attached hydrogen (secondary N) is 1. The van der Waals surface area contributed by atoms with Gasteiger partial charge in [-0.1, -0.05) is 46.3 Å². The highest BCUT2D eigenvalue weighted by molar-refractivity contribution is 9.10. The molecule has 4 heteroatoms. The zero-order valence-electron chi connectivity index (χ0n) is 13.9. The Morgan fingerprint density at radius 2 is 1.83 bits per heavy atom. The van der Waals surface area contributed by atoms with Crippen molar-refractivity contribution < 1.29 is 9.47 Å². The third kappa shape index (κ3) is 5.26. The fraction of sp³-hybridized carbons (Fsp3) is 0.368. The Labute approximate surface area is 147 Å². The first kappa shape index (κ1) is 17.8. The lowest BCUT2D eigenvalue weighted by Crippen LogP contribution is -2.19. The Balaban J connectivity index is 2.03. The van der Waals surface area contributed by atoms with E-state index in [1.807, 2.05) is 32.0 Å². The van der Waals surface area contributed by atoms with Gasteiger partial charge in [-0.05, 0) is 44.5 Å². The molecule has 0 aromatic heterocycles. The van der Waals surface area contributed by atoms with Crippen molar-refractivity contribution in [1.29, 1.82) is 0 Å². The molecule has 0 fully saturated rings. The molecule has 0 heterocycles. The molecule has 0 saturated carbocycles. The van der Waals surface area contributed by atoms with Crippen molar-refractivity contribution in [1.82, 2.24) is 5.32 Å². The molecule has 0 bridgehead atoms. The third-order valence-electron chi connectivity index (χ3n) is 3.48. The molecule has 0 radical (unpaired) electrons. The highest BCUT2D eigenvalue weighted by Crippen LogP contribution is 2.36. The van der Waals surface area contributed by atoms with Crippen LogP contribution < -0.4 is 14.8 Å². The third-order valence-corrected chi connectivity index (χ3v) is 4.22. The van der Waals surface area contributed by atoms with Crippen molar-refractivity contribution in [2.45, 2.75) is 32.9 Å². The van der Waals surface area contributed by atoms with Gasteiger partial charge in [-0.15, -0.1) is 0 Å². The van der Waals surface area contributed by atoms with Crippen LogP contribution in [0, 0.1) is 0 Å². The lowest BCUT2D eigenvalue weighted by atomic mass is 10.1. The molecule has 0 saturated heterocycles. The highest BCUT2D eigenvalue weighted by atomic mass is 79.9. The molecule has 0 aliphatic rings. The molecule has 124 valence electrons. The first-order chi connectivity index (χ1) is 11.1. The number of rotatable bonds is 8. The van der Waals surface area contributed by atoms with Crippen LogP contribution in [0.25, 0.3) is 0 Å². The second kappa shape index (κ2) is 8.94. The minimum Gasteiger partial charge on any atom is -0.493 e. The minimum absolute atomic E-state index is 0.0984. The van der Waals surface area contributed by atoms with Gasteiger partial charge in [-0.3, -0.25) is 0 Å². The van der Waals surface area contributed by atoms with E-state index in [2.05, 4.69) is 45.5 Å². The molecule has 0 unspecified atom stereocenters. The molecule has 23 heavy (non-hydrogen) atoms. The van der Waals surface area contributed by atoms with Crippen molar-refractivity contribution in [3.8, 4) is 11.5 Å². The summed E-state index contributed by atoms with van der Waals surface area (Å²) < 4.78 is 12.4. The van der Waals surface area contributed by atoms with Gasteiger partial charge in [-0.2, -0.15) is 0 Å². The van der Waals surface area contributed by atoms with Crippen LogP contribution in [0.5, 0.6) is 11.5 Å². The molecule has 2 rings (SSSR count). The number of halogens is 1. The van der Waals surface area contributed by atoms with E-state index in [0.29, 0.717) is 0 Å². The molecule has 3 nitrogen and oxygen atoms in total. The van der Waals surface area contributed by atoms with Gasteiger partial charge < -0.3 is 14.8 Å². The highest BCUT2D eigenvalue weighted by Gasteiger charge is 2.15. The zero-order chi connectivity index (χ0) is 16.7. The molecular formula is C19H24BrNO2.